The maximum atomic E-state index is 14.5. The second-order valence-electron chi connectivity index (χ2n) is 5.97. The Bertz CT molecular complexity index is 1190. The third-order valence-electron chi connectivity index (χ3n) is 3.88. The number of rotatable bonds is 5. The van der Waals surface area contributed by atoms with E-state index in [9.17, 15) is 9.18 Å². The van der Waals surface area contributed by atoms with E-state index in [0.717, 1.165) is 4.90 Å². The van der Waals surface area contributed by atoms with Crippen molar-refractivity contribution in [3.8, 4) is 5.82 Å². The second kappa shape index (κ2) is 8.11. The number of nitrogens with two attached hydrogens (primary N) is 1. The van der Waals surface area contributed by atoms with Gasteiger partial charge in [0.25, 0.3) is 0 Å². The molecule has 0 unspecified atom stereocenters. The van der Waals surface area contributed by atoms with Gasteiger partial charge in [0.1, 0.15) is 17.5 Å². The first kappa shape index (κ1) is 18.6. The number of hydrogen-bond acceptors (Lipinski definition) is 7. The van der Waals surface area contributed by atoms with Crippen LogP contribution in [0.1, 0.15) is 0 Å². The number of nitrogens with zero attached hydrogens (tertiary/aromatic N) is 4. The Labute approximate surface area is 169 Å². The van der Waals surface area contributed by atoms with Crippen LogP contribution in [0.4, 0.5) is 21.8 Å². The maximum absolute atomic E-state index is 14.5. The SMILES string of the molecule is Nc1nc(Nc2ccc(Sc3ccncc3)c(F)c2)cc(-n2ccc(=O)cc2)n1. The lowest BCUT2D eigenvalue weighted by Crippen LogP contribution is -2.07. The molecule has 0 aliphatic carbocycles. The molecule has 3 heterocycles. The minimum Gasteiger partial charge on any atom is -0.368 e. The van der Waals surface area contributed by atoms with Crippen molar-refractivity contribution in [2.45, 2.75) is 9.79 Å². The van der Waals surface area contributed by atoms with E-state index in [4.69, 9.17) is 5.73 Å². The van der Waals surface area contributed by atoms with Gasteiger partial charge in [-0.2, -0.15) is 9.97 Å². The van der Waals surface area contributed by atoms with Crippen LogP contribution in [0, 0.1) is 5.82 Å². The molecule has 0 aliphatic heterocycles. The van der Waals surface area contributed by atoms with Crippen LogP contribution in [-0.2, 0) is 0 Å². The molecule has 0 aliphatic rings. The summed E-state index contributed by atoms with van der Waals surface area (Å²) in [5.74, 6) is 0.568. The third-order valence-corrected chi connectivity index (χ3v) is 4.93. The van der Waals surface area contributed by atoms with Crippen LogP contribution in [0.3, 0.4) is 0 Å². The molecule has 0 amide bonds. The Morgan fingerprint density at radius 3 is 2.48 bits per heavy atom. The van der Waals surface area contributed by atoms with Gasteiger partial charge >= 0.3 is 0 Å². The Morgan fingerprint density at radius 1 is 1.00 bits per heavy atom. The molecule has 9 heteroatoms. The lowest BCUT2D eigenvalue weighted by Gasteiger charge is -2.11. The Hall–Kier alpha value is -3.72. The number of benzene rings is 1. The second-order valence-corrected chi connectivity index (χ2v) is 7.08. The van der Waals surface area contributed by atoms with E-state index in [1.54, 1.807) is 47.6 Å². The van der Waals surface area contributed by atoms with Crippen molar-refractivity contribution in [1.82, 2.24) is 19.5 Å². The largest absolute Gasteiger partial charge is 0.368 e. The van der Waals surface area contributed by atoms with Gasteiger partial charge < -0.3 is 15.6 Å². The zero-order chi connectivity index (χ0) is 20.2. The molecule has 7 nitrogen and oxygen atoms in total. The van der Waals surface area contributed by atoms with Gasteiger partial charge in [-0.25, -0.2) is 4.39 Å². The molecule has 0 spiro atoms. The van der Waals surface area contributed by atoms with Crippen LogP contribution in [-0.4, -0.2) is 19.5 Å². The molecule has 3 aromatic heterocycles. The van der Waals surface area contributed by atoms with Crippen LogP contribution in [0.15, 0.2) is 87.9 Å². The van der Waals surface area contributed by atoms with E-state index in [1.165, 1.54) is 30.0 Å². The van der Waals surface area contributed by atoms with Gasteiger partial charge in [-0.1, -0.05) is 11.8 Å². The summed E-state index contributed by atoms with van der Waals surface area (Å²) < 4.78 is 16.2. The molecule has 29 heavy (non-hydrogen) atoms. The molecule has 0 atom stereocenters. The standard InChI is InChI=1S/C20H15FN6OS/c21-16-11-13(1-2-17(16)29-15-3-7-23-8-4-15)24-18-12-19(26-20(22)25-18)27-9-5-14(28)6-10-27/h1-12H,(H3,22,24,25,26). The topological polar surface area (TPSA) is 98.7 Å². The molecule has 0 radical (unpaired) electrons. The van der Waals surface area contributed by atoms with Crippen LogP contribution >= 0.6 is 11.8 Å². The van der Waals surface area contributed by atoms with E-state index in [-0.39, 0.29) is 17.2 Å². The van der Waals surface area contributed by atoms with Crippen LogP contribution < -0.4 is 16.5 Å². The first-order valence-electron chi connectivity index (χ1n) is 8.54. The molecule has 4 rings (SSSR count). The minimum atomic E-state index is -0.362. The normalized spacial score (nSPS) is 10.7. The average Bonchev–Trinajstić information content (AvgIpc) is 2.71. The van der Waals surface area contributed by atoms with E-state index in [1.807, 2.05) is 12.1 Å². The first-order valence-corrected chi connectivity index (χ1v) is 9.36. The fourth-order valence-electron chi connectivity index (χ4n) is 2.56. The van der Waals surface area contributed by atoms with Crippen molar-refractivity contribution in [3.63, 3.8) is 0 Å². The predicted molar refractivity (Wildman–Crippen MR) is 110 cm³/mol. The summed E-state index contributed by atoms with van der Waals surface area (Å²) in [5.41, 5.74) is 6.21. The van der Waals surface area contributed by atoms with Crippen molar-refractivity contribution < 1.29 is 4.39 Å². The quantitative estimate of drug-likeness (QED) is 0.522. The third kappa shape index (κ3) is 4.58. The zero-order valence-electron chi connectivity index (χ0n) is 15.0. The van der Waals surface area contributed by atoms with Gasteiger partial charge in [-0.05, 0) is 30.3 Å². The van der Waals surface area contributed by atoms with Crippen molar-refractivity contribution >= 4 is 29.2 Å². The highest BCUT2D eigenvalue weighted by Crippen LogP contribution is 2.31. The summed E-state index contributed by atoms with van der Waals surface area (Å²) >= 11 is 1.32. The number of aromatic nitrogens is 4. The molecule has 4 aromatic rings. The lowest BCUT2D eigenvalue weighted by molar-refractivity contribution is 0.602. The van der Waals surface area contributed by atoms with Crippen LogP contribution in [0.25, 0.3) is 5.82 Å². The average molecular weight is 406 g/mol. The van der Waals surface area contributed by atoms with Crippen molar-refractivity contribution in [1.29, 1.82) is 0 Å². The number of anilines is 3. The van der Waals surface area contributed by atoms with Crippen molar-refractivity contribution in [2.24, 2.45) is 0 Å². The van der Waals surface area contributed by atoms with Gasteiger partial charge in [0, 0.05) is 58.5 Å². The highest BCUT2D eigenvalue weighted by molar-refractivity contribution is 7.99. The van der Waals surface area contributed by atoms with Gasteiger partial charge in [-0.15, -0.1) is 0 Å². The number of hydrogen-bond donors (Lipinski definition) is 2. The summed E-state index contributed by atoms with van der Waals surface area (Å²) in [5, 5.41) is 3.03. The summed E-state index contributed by atoms with van der Waals surface area (Å²) in [7, 11) is 0. The van der Waals surface area contributed by atoms with Gasteiger partial charge in [0.05, 0.1) is 0 Å². The maximum Gasteiger partial charge on any atom is 0.223 e. The van der Waals surface area contributed by atoms with E-state index >= 15 is 0 Å². The fraction of sp³-hybridized carbons (Fsp3) is 0. The Morgan fingerprint density at radius 2 is 1.76 bits per heavy atom. The molecule has 3 N–H and O–H groups in total. The molecular formula is C20H15FN6OS. The fourth-order valence-corrected chi connectivity index (χ4v) is 3.36. The Balaban J connectivity index is 1.57. The predicted octanol–water partition coefficient (Wildman–Crippen LogP) is 3.64. The summed E-state index contributed by atoms with van der Waals surface area (Å²) in [6.07, 6.45) is 6.49. The van der Waals surface area contributed by atoms with Gasteiger partial charge in [0.15, 0.2) is 5.43 Å². The lowest BCUT2D eigenvalue weighted by atomic mass is 10.3. The number of halogens is 1. The zero-order valence-corrected chi connectivity index (χ0v) is 15.8. The van der Waals surface area contributed by atoms with Gasteiger partial charge in [0.2, 0.25) is 5.95 Å². The van der Waals surface area contributed by atoms with Crippen LogP contribution in [0.2, 0.25) is 0 Å². The van der Waals surface area contributed by atoms with E-state index < -0.39 is 0 Å². The summed E-state index contributed by atoms with van der Waals surface area (Å²) in [4.78, 5) is 24.9. The number of pyridine rings is 2. The van der Waals surface area contributed by atoms with Gasteiger partial charge in [-0.3, -0.25) is 9.78 Å². The van der Waals surface area contributed by atoms with Crippen molar-refractivity contribution in [3.05, 3.63) is 89.4 Å². The molecule has 0 saturated heterocycles. The molecule has 144 valence electrons. The minimum absolute atomic E-state index is 0.0500. The number of nitrogen functional groups attached to an aromatic ring is 1. The smallest absolute Gasteiger partial charge is 0.223 e. The summed E-state index contributed by atoms with van der Waals surface area (Å²) in [6.45, 7) is 0. The monoisotopic (exact) mass is 406 g/mol. The number of nitrogens with one attached hydrogen (secondary N) is 1. The van der Waals surface area contributed by atoms with E-state index in [0.29, 0.717) is 22.2 Å². The Kier molecular flexibility index (Phi) is 5.21. The van der Waals surface area contributed by atoms with Crippen LogP contribution in [0.5, 0.6) is 0 Å². The molecular weight excluding hydrogens is 391 g/mol. The molecule has 0 fully saturated rings. The molecule has 0 bridgehead atoms. The van der Waals surface area contributed by atoms with E-state index in [2.05, 4.69) is 20.3 Å². The van der Waals surface area contributed by atoms with Crippen molar-refractivity contribution in [2.75, 3.05) is 11.1 Å². The highest BCUT2D eigenvalue weighted by Gasteiger charge is 2.08. The molecule has 1 aromatic carbocycles. The highest BCUT2D eigenvalue weighted by atomic mass is 32.2. The first-order chi connectivity index (χ1) is 14.1. The molecule has 0 saturated carbocycles. The summed E-state index contributed by atoms with van der Waals surface area (Å²) in [6, 6.07) is 13.0.